The van der Waals surface area contributed by atoms with Crippen molar-refractivity contribution in [2.45, 2.75) is 27.2 Å². The van der Waals surface area contributed by atoms with Crippen molar-refractivity contribution in [3.05, 3.63) is 29.8 Å². The number of piperazine rings is 1. The van der Waals surface area contributed by atoms with Gasteiger partial charge in [-0.25, -0.2) is 4.79 Å². The van der Waals surface area contributed by atoms with Gasteiger partial charge in [0, 0.05) is 38.4 Å². The molecule has 122 valence electrons. The summed E-state index contributed by atoms with van der Waals surface area (Å²) in [5.74, 6) is -0.166. The van der Waals surface area contributed by atoms with Gasteiger partial charge in [0.15, 0.2) is 0 Å². The molecule has 0 amide bonds. The van der Waals surface area contributed by atoms with Crippen LogP contribution in [0.2, 0.25) is 0 Å². The lowest BCUT2D eigenvalue weighted by Gasteiger charge is -2.34. The van der Waals surface area contributed by atoms with Crippen LogP contribution in [0.3, 0.4) is 0 Å². The number of anilines is 1. The third-order valence-electron chi connectivity index (χ3n) is 3.82. The minimum Gasteiger partial charge on any atom is -0.399 e. The zero-order valence-electron chi connectivity index (χ0n) is 13.8. The van der Waals surface area contributed by atoms with Crippen LogP contribution in [0.15, 0.2) is 24.3 Å². The van der Waals surface area contributed by atoms with Crippen molar-refractivity contribution in [2.75, 3.05) is 38.5 Å². The molecule has 0 unspecified atom stereocenters. The first kappa shape index (κ1) is 16.8. The molecule has 1 fully saturated rings. The first-order chi connectivity index (χ1) is 10.3. The molecule has 2 rings (SSSR count). The van der Waals surface area contributed by atoms with Crippen molar-refractivity contribution in [1.82, 2.24) is 9.96 Å². The molecule has 0 bridgehead atoms. The van der Waals surface area contributed by atoms with E-state index < -0.39 is 5.41 Å². The molecule has 22 heavy (non-hydrogen) atoms. The molecule has 0 spiro atoms. The van der Waals surface area contributed by atoms with Gasteiger partial charge in [0.05, 0.1) is 5.41 Å². The Balaban J connectivity index is 1.72. The number of benzene rings is 1. The molecular formula is C17H27N3O2. The fraction of sp³-hybridized carbons (Fsp3) is 0.588. The van der Waals surface area contributed by atoms with E-state index in [0.717, 1.165) is 44.8 Å². The van der Waals surface area contributed by atoms with E-state index in [0.29, 0.717) is 0 Å². The van der Waals surface area contributed by atoms with Gasteiger partial charge in [-0.2, -0.15) is 0 Å². The Labute approximate surface area is 133 Å². The smallest absolute Gasteiger partial charge is 0.330 e. The zero-order chi connectivity index (χ0) is 16.2. The van der Waals surface area contributed by atoms with Crippen LogP contribution >= 0.6 is 0 Å². The Hall–Kier alpha value is -1.59. The Kier molecular flexibility index (Phi) is 5.42. The number of hydroxylamine groups is 2. The highest BCUT2D eigenvalue weighted by Crippen LogP contribution is 2.17. The monoisotopic (exact) mass is 305 g/mol. The predicted octanol–water partition coefficient (Wildman–Crippen LogP) is 1.93. The van der Waals surface area contributed by atoms with Crippen LogP contribution in [0.25, 0.3) is 0 Å². The lowest BCUT2D eigenvalue weighted by Crippen LogP contribution is -2.48. The van der Waals surface area contributed by atoms with Gasteiger partial charge in [-0.05, 0) is 44.9 Å². The highest BCUT2D eigenvalue weighted by atomic mass is 16.7. The van der Waals surface area contributed by atoms with Crippen LogP contribution in [0, 0.1) is 5.41 Å². The van der Waals surface area contributed by atoms with E-state index in [1.54, 1.807) is 5.06 Å². The van der Waals surface area contributed by atoms with Crippen LogP contribution in [0.4, 0.5) is 5.69 Å². The standard InChI is InChI=1S/C17H27N3O2/c1-17(2,3)16(21)22-20-11-9-19(10-12-20)8-7-14-5-4-6-15(18)13-14/h4-6,13H,7-12,18H2,1-3H3. The fourth-order valence-corrected chi connectivity index (χ4v) is 2.33. The number of rotatable bonds is 4. The molecule has 0 atom stereocenters. The number of hydrogen-bond donors (Lipinski definition) is 1. The lowest BCUT2D eigenvalue weighted by molar-refractivity contribution is -0.206. The SMILES string of the molecule is CC(C)(C)C(=O)ON1CCN(CCc2cccc(N)c2)CC1. The van der Waals surface area contributed by atoms with Gasteiger partial charge in [-0.3, -0.25) is 0 Å². The first-order valence-corrected chi connectivity index (χ1v) is 7.89. The molecule has 0 aromatic heterocycles. The summed E-state index contributed by atoms with van der Waals surface area (Å²) in [5.41, 5.74) is 7.43. The van der Waals surface area contributed by atoms with Gasteiger partial charge < -0.3 is 15.5 Å². The second kappa shape index (κ2) is 7.11. The van der Waals surface area contributed by atoms with E-state index in [9.17, 15) is 4.79 Å². The third kappa shape index (κ3) is 5.00. The van der Waals surface area contributed by atoms with Crippen LogP contribution in [0.1, 0.15) is 26.3 Å². The van der Waals surface area contributed by atoms with Crippen molar-refractivity contribution in [2.24, 2.45) is 5.41 Å². The Morgan fingerprint density at radius 3 is 2.50 bits per heavy atom. The molecule has 1 aromatic carbocycles. The van der Waals surface area contributed by atoms with E-state index in [-0.39, 0.29) is 5.97 Å². The van der Waals surface area contributed by atoms with Gasteiger partial charge in [-0.1, -0.05) is 12.1 Å². The Bertz CT molecular complexity index is 503. The maximum Gasteiger partial charge on any atom is 0.330 e. The Morgan fingerprint density at radius 2 is 1.91 bits per heavy atom. The second-order valence-electron chi connectivity index (χ2n) is 6.89. The van der Waals surface area contributed by atoms with E-state index in [1.165, 1.54) is 5.56 Å². The molecule has 1 aromatic rings. The number of hydrogen-bond acceptors (Lipinski definition) is 5. The van der Waals surface area contributed by atoms with E-state index in [2.05, 4.69) is 11.0 Å². The summed E-state index contributed by atoms with van der Waals surface area (Å²) in [4.78, 5) is 19.7. The number of nitrogens with two attached hydrogens (primary N) is 1. The number of nitrogen functional groups attached to an aromatic ring is 1. The molecule has 0 saturated carbocycles. The van der Waals surface area contributed by atoms with Crippen LogP contribution in [-0.2, 0) is 16.1 Å². The van der Waals surface area contributed by atoms with Crippen molar-refractivity contribution >= 4 is 11.7 Å². The molecule has 1 aliphatic heterocycles. The molecule has 0 aliphatic carbocycles. The van der Waals surface area contributed by atoms with Gasteiger partial charge in [0.25, 0.3) is 0 Å². The van der Waals surface area contributed by atoms with Crippen molar-refractivity contribution in [1.29, 1.82) is 0 Å². The minimum atomic E-state index is -0.454. The molecule has 1 saturated heterocycles. The molecule has 0 radical (unpaired) electrons. The molecule has 2 N–H and O–H groups in total. The molecule has 5 nitrogen and oxygen atoms in total. The molecule has 5 heteroatoms. The highest BCUT2D eigenvalue weighted by molar-refractivity contribution is 5.75. The van der Waals surface area contributed by atoms with Crippen molar-refractivity contribution in [3.63, 3.8) is 0 Å². The fourth-order valence-electron chi connectivity index (χ4n) is 2.33. The minimum absolute atomic E-state index is 0.166. The van der Waals surface area contributed by atoms with E-state index in [4.69, 9.17) is 10.6 Å². The number of carbonyl (C=O) groups is 1. The van der Waals surface area contributed by atoms with E-state index in [1.807, 2.05) is 39.0 Å². The van der Waals surface area contributed by atoms with Gasteiger partial charge in [-0.15, -0.1) is 5.06 Å². The van der Waals surface area contributed by atoms with Gasteiger partial charge >= 0.3 is 5.97 Å². The quantitative estimate of drug-likeness (QED) is 0.861. The Morgan fingerprint density at radius 1 is 1.23 bits per heavy atom. The second-order valence-corrected chi connectivity index (χ2v) is 6.89. The third-order valence-corrected chi connectivity index (χ3v) is 3.82. The van der Waals surface area contributed by atoms with Crippen LogP contribution < -0.4 is 5.73 Å². The topological polar surface area (TPSA) is 58.8 Å². The number of nitrogens with zero attached hydrogens (tertiary/aromatic N) is 2. The summed E-state index contributed by atoms with van der Waals surface area (Å²) in [6, 6.07) is 8.04. The zero-order valence-corrected chi connectivity index (χ0v) is 13.8. The lowest BCUT2D eigenvalue weighted by atomic mass is 9.98. The molecular weight excluding hydrogens is 278 g/mol. The summed E-state index contributed by atoms with van der Waals surface area (Å²) in [6.07, 6.45) is 0.993. The summed E-state index contributed by atoms with van der Waals surface area (Å²) < 4.78 is 0. The summed E-state index contributed by atoms with van der Waals surface area (Å²) in [6.45, 7) is 9.98. The van der Waals surface area contributed by atoms with Crippen LogP contribution in [0.5, 0.6) is 0 Å². The predicted molar refractivity (Wildman–Crippen MR) is 88.1 cm³/mol. The van der Waals surface area contributed by atoms with Gasteiger partial charge in [0.2, 0.25) is 0 Å². The summed E-state index contributed by atoms with van der Waals surface area (Å²) >= 11 is 0. The maximum atomic E-state index is 11.9. The highest BCUT2D eigenvalue weighted by Gasteiger charge is 2.27. The largest absolute Gasteiger partial charge is 0.399 e. The average Bonchev–Trinajstić information content (AvgIpc) is 2.45. The van der Waals surface area contributed by atoms with E-state index >= 15 is 0 Å². The van der Waals surface area contributed by atoms with Crippen LogP contribution in [-0.4, -0.2) is 48.7 Å². The van der Waals surface area contributed by atoms with Crippen molar-refractivity contribution < 1.29 is 9.63 Å². The maximum absolute atomic E-state index is 11.9. The molecule has 1 heterocycles. The van der Waals surface area contributed by atoms with Gasteiger partial charge in [0.1, 0.15) is 0 Å². The summed E-state index contributed by atoms with van der Waals surface area (Å²) in [7, 11) is 0. The van der Waals surface area contributed by atoms with Crippen molar-refractivity contribution in [3.8, 4) is 0 Å². The normalized spacial score (nSPS) is 17.4. The molecule has 1 aliphatic rings. The average molecular weight is 305 g/mol. The number of carbonyl (C=O) groups excluding carboxylic acids is 1. The first-order valence-electron chi connectivity index (χ1n) is 7.89. The summed E-state index contributed by atoms with van der Waals surface area (Å²) in [5, 5.41) is 1.78.